The van der Waals surface area contributed by atoms with Crippen molar-refractivity contribution in [2.24, 2.45) is 0 Å². The van der Waals surface area contributed by atoms with E-state index in [9.17, 15) is 8.78 Å². The zero-order chi connectivity index (χ0) is 12.3. The van der Waals surface area contributed by atoms with Crippen LogP contribution in [0.15, 0.2) is 0 Å². The molecule has 0 radical (unpaired) electrons. The molecule has 0 aliphatic carbocycles. The molecule has 3 atom stereocenters. The Morgan fingerprint density at radius 2 is 1.94 bits per heavy atom. The summed E-state index contributed by atoms with van der Waals surface area (Å²) < 4.78 is 26.2. The number of piperazine rings is 1. The van der Waals surface area contributed by atoms with Gasteiger partial charge in [0.15, 0.2) is 0 Å². The van der Waals surface area contributed by atoms with Crippen molar-refractivity contribution in [3.8, 4) is 0 Å². The molecule has 0 aromatic carbocycles. The minimum absolute atomic E-state index is 0.222. The topological polar surface area (TPSA) is 15.3 Å². The van der Waals surface area contributed by atoms with E-state index in [0.29, 0.717) is 19.0 Å². The molecular weight excluding hydrogens is 210 g/mol. The molecule has 0 amide bonds. The Bertz CT molecular complexity index is 223. The third-order valence-corrected chi connectivity index (χ3v) is 3.93. The van der Waals surface area contributed by atoms with Crippen LogP contribution in [0.2, 0.25) is 0 Å². The summed E-state index contributed by atoms with van der Waals surface area (Å²) in [6, 6.07) is 0.542. The highest BCUT2D eigenvalue weighted by atomic mass is 19.3. The van der Waals surface area contributed by atoms with Crippen molar-refractivity contribution in [3.63, 3.8) is 0 Å². The molecule has 2 fully saturated rings. The second-order valence-corrected chi connectivity index (χ2v) is 4.61. The average Bonchev–Trinajstić information content (AvgIpc) is 2.72. The predicted molar refractivity (Wildman–Crippen MR) is 62.9 cm³/mol. The Morgan fingerprint density at radius 3 is 2.50 bits per heavy atom. The lowest BCUT2D eigenvalue weighted by molar-refractivity contribution is -0.0729. The van der Waals surface area contributed by atoms with E-state index in [2.05, 4.69) is 12.2 Å². The van der Waals surface area contributed by atoms with Gasteiger partial charge in [-0.05, 0) is 33.2 Å². The summed E-state index contributed by atoms with van der Waals surface area (Å²) in [5.41, 5.74) is -0.869. The summed E-state index contributed by atoms with van der Waals surface area (Å²) in [7, 11) is 0. The molecule has 2 aliphatic heterocycles. The van der Waals surface area contributed by atoms with Gasteiger partial charge in [-0.1, -0.05) is 13.8 Å². The third kappa shape index (κ3) is 2.09. The maximum atomic E-state index is 13.1. The van der Waals surface area contributed by atoms with Gasteiger partial charge in [0, 0.05) is 18.6 Å². The lowest BCUT2D eigenvalue weighted by Crippen LogP contribution is -2.68. The average molecular weight is 234 g/mol. The second kappa shape index (κ2) is 5.41. The fourth-order valence-electron chi connectivity index (χ4n) is 2.81. The van der Waals surface area contributed by atoms with Crippen LogP contribution in [0.25, 0.3) is 0 Å². The van der Waals surface area contributed by atoms with Gasteiger partial charge in [-0.2, -0.15) is 0 Å². The summed E-state index contributed by atoms with van der Waals surface area (Å²) in [6.07, 6.45) is -0.690. The summed E-state index contributed by atoms with van der Waals surface area (Å²) in [5, 5.41) is 3.20. The molecule has 2 aliphatic rings. The first-order valence-corrected chi connectivity index (χ1v) is 6.36. The van der Waals surface area contributed by atoms with Gasteiger partial charge in [0.25, 0.3) is 6.43 Å². The SMILES string of the molecule is CC.CC1NC[C@@]2(C(F)F)CCCN2C1C. The van der Waals surface area contributed by atoms with Crippen LogP contribution in [-0.4, -0.2) is 42.0 Å². The fourth-order valence-corrected chi connectivity index (χ4v) is 2.81. The van der Waals surface area contributed by atoms with Crippen LogP contribution >= 0.6 is 0 Å². The summed E-state index contributed by atoms with van der Waals surface area (Å²) >= 11 is 0. The van der Waals surface area contributed by atoms with E-state index >= 15 is 0 Å². The molecule has 16 heavy (non-hydrogen) atoms. The largest absolute Gasteiger partial charge is 0.311 e. The summed E-state index contributed by atoms with van der Waals surface area (Å²) in [4.78, 5) is 2.01. The first kappa shape index (κ1) is 13.8. The number of nitrogens with one attached hydrogen (secondary N) is 1. The highest BCUT2D eigenvalue weighted by molar-refractivity contribution is 5.06. The Balaban J connectivity index is 0.000000606. The van der Waals surface area contributed by atoms with E-state index in [1.54, 1.807) is 0 Å². The molecule has 4 heteroatoms. The van der Waals surface area contributed by atoms with E-state index in [0.717, 1.165) is 13.0 Å². The zero-order valence-electron chi connectivity index (χ0n) is 10.8. The van der Waals surface area contributed by atoms with Crippen molar-refractivity contribution >= 4 is 0 Å². The molecule has 0 aromatic heterocycles. The van der Waals surface area contributed by atoms with Crippen LogP contribution in [0, 0.1) is 0 Å². The van der Waals surface area contributed by atoms with E-state index in [-0.39, 0.29) is 6.04 Å². The Kier molecular flexibility index (Phi) is 4.68. The van der Waals surface area contributed by atoms with Crippen molar-refractivity contribution in [2.45, 2.75) is 64.6 Å². The van der Waals surface area contributed by atoms with Gasteiger partial charge < -0.3 is 5.32 Å². The number of hydrogen-bond donors (Lipinski definition) is 1. The van der Waals surface area contributed by atoms with Crippen LogP contribution in [-0.2, 0) is 0 Å². The number of alkyl halides is 2. The molecule has 2 saturated heterocycles. The van der Waals surface area contributed by atoms with Gasteiger partial charge in [0.2, 0.25) is 0 Å². The lowest BCUT2D eigenvalue weighted by Gasteiger charge is -2.48. The molecule has 2 rings (SSSR count). The fraction of sp³-hybridized carbons (Fsp3) is 1.00. The first-order valence-electron chi connectivity index (χ1n) is 6.36. The lowest BCUT2D eigenvalue weighted by atomic mass is 9.90. The quantitative estimate of drug-likeness (QED) is 0.750. The van der Waals surface area contributed by atoms with Crippen molar-refractivity contribution < 1.29 is 8.78 Å². The molecule has 0 bridgehead atoms. The number of rotatable bonds is 1. The van der Waals surface area contributed by atoms with E-state index < -0.39 is 12.0 Å². The number of nitrogens with zero attached hydrogens (tertiary/aromatic N) is 1. The smallest absolute Gasteiger partial charge is 0.257 e. The highest BCUT2D eigenvalue weighted by Crippen LogP contribution is 2.38. The molecule has 2 heterocycles. The molecule has 0 saturated carbocycles. The maximum absolute atomic E-state index is 13.1. The van der Waals surface area contributed by atoms with E-state index in [1.807, 2.05) is 25.7 Å². The van der Waals surface area contributed by atoms with Gasteiger partial charge in [0.1, 0.15) is 0 Å². The second-order valence-electron chi connectivity index (χ2n) is 4.61. The van der Waals surface area contributed by atoms with Gasteiger partial charge in [-0.25, -0.2) is 8.78 Å². The summed E-state index contributed by atoms with van der Waals surface area (Å²) in [6.45, 7) is 9.38. The Morgan fingerprint density at radius 1 is 1.31 bits per heavy atom. The number of halogens is 2. The van der Waals surface area contributed by atoms with Crippen LogP contribution in [0.1, 0.15) is 40.5 Å². The molecule has 0 aromatic rings. The van der Waals surface area contributed by atoms with Gasteiger partial charge in [-0.15, -0.1) is 0 Å². The summed E-state index contributed by atoms with van der Waals surface area (Å²) in [5.74, 6) is 0. The molecule has 96 valence electrons. The number of fused-ring (bicyclic) bond motifs is 1. The molecule has 2 unspecified atom stereocenters. The first-order chi connectivity index (χ1) is 7.58. The molecule has 0 spiro atoms. The van der Waals surface area contributed by atoms with Crippen molar-refractivity contribution in [2.75, 3.05) is 13.1 Å². The van der Waals surface area contributed by atoms with Gasteiger partial charge >= 0.3 is 0 Å². The van der Waals surface area contributed by atoms with Crippen LogP contribution in [0.3, 0.4) is 0 Å². The Hall–Kier alpha value is -0.220. The highest BCUT2D eigenvalue weighted by Gasteiger charge is 2.53. The maximum Gasteiger partial charge on any atom is 0.257 e. The molecular formula is C12H24F2N2. The standard InChI is InChI=1S/C10H18F2N2.C2H6/c1-7-8(2)14-5-3-4-10(14,6-13-7)9(11)12;1-2/h7-9,13H,3-6H2,1-2H3;1-2H3/t7?,8?,10-;/m1./s1. The Labute approximate surface area is 97.4 Å². The normalized spacial score (nSPS) is 39.2. The van der Waals surface area contributed by atoms with Crippen molar-refractivity contribution in [1.29, 1.82) is 0 Å². The minimum atomic E-state index is -2.23. The monoisotopic (exact) mass is 234 g/mol. The van der Waals surface area contributed by atoms with Crippen LogP contribution in [0.5, 0.6) is 0 Å². The molecule has 2 nitrogen and oxygen atoms in total. The van der Waals surface area contributed by atoms with Crippen LogP contribution in [0.4, 0.5) is 8.78 Å². The van der Waals surface area contributed by atoms with Crippen molar-refractivity contribution in [3.05, 3.63) is 0 Å². The van der Waals surface area contributed by atoms with Crippen LogP contribution < -0.4 is 5.32 Å². The molecule has 1 N–H and O–H groups in total. The van der Waals surface area contributed by atoms with Gasteiger partial charge in [0.05, 0.1) is 5.54 Å². The third-order valence-electron chi connectivity index (χ3n) is 3.93. The van der Waals surface area contributed by atoms with E-state index in [4.69, 9.17) is 0 Å². The van der Waals surface area contributed by atoms with E-state index in [1.165, 1.54) is 0 Å². The minimum Gasteiger partial charge on any atom is -0.311 e. The predicted octanol–water partition coefficient (Wildman–Crippen LogP) is 2.49. The zero-order valence-corrected chi connectivity index (χ0v) is 10.8. The van der Waals surface area contributed by atoms with Crippen molar-refractivity contribution in [1.82, 2.24) is 10.2 Å². The van der Waals surface area contributed by atoms with Gasteiger partial charge in [-0.3, -0.25) is 4.90 Å². The number of hydrogen-bond acceptors (Lipinski definition) is 2.